The van der Waals surface area contributed by atoms with E-state index in [0.717, 1.165) is 43.0 Å². The summed E-state index contributed by atoms with van der Waals surface area (Å²) in [5.41, 5.74) is 9.04. The number of carbonyl (C=O) groups excluding carboxylic acids is 1. The number of rotatable bonds is 10. The molecule has 8 heteroatoms. The van der Waals surface area contributed by atoms with E-state index in [1.54, 1.807) is 0 Å². The van der Waals surface area contributed by atoms with Crippen LogP contribution >= 0.6 is 0 Å². The lowest BCUT2D eigenvalue weighted by atomic mass is 9.84. The maximum atomic E-state index is 14.6. The topological polar surface area (TPSA) is 90.9 Å². The third kappa shape index (κ3) is 7.89. The molecular formula is C36H52N6O2. The van der Waals surface area contributed by atoms with Gasteiger partial charge in [-0.3, -0.25) is 0 Å². The zero-order chi connectivity index (χ0) is 31.1. The van der Waals surface area contributed by atoms with Gasteiger partial charge in [0.15, 0.2) is 0 Å². The number of amides is 2. The molecule has 238 valence electrons. The number of carbonyl (C=O) groups is 1. The van der Waals surface area contributed by atoms with Crippen molar-refractivity contribution in [2.75, 3.05) is 39.3 Å². The molecule has 0 aliphatic carbocycles. The summed E-state index contributed by atoms with van der Waals surface area (Å²) in [6.07, 6.45) is 8.57. The molecule has 3 N–H and O–H groups in total. The second-order valence-electron chi connectivity index (χ2n) is 13.8. The number of imidazole rings is 1. The molecule has 8 nitrogen and oxygen atoms in total. The number of nitrogens with two attached hydrogens (primary N) is 1. The second-order valence-corrected chi connectivity index (χ2v) is 13.8. The summed E-state index contributed by atoms with van der Waals surface area (Å²) in [5, 5.41) is 9.78. The Hall–Kier alpha value is -3.20. The predicted molar refractivity (Wildman–Crippen MR) is 177 cm³/mol. The molecule has 0 spiro atoms. The predicted octanol–water partition coefficient (Wildman–Crippen LogP) is 5.77. The molecule has 2 fully saturated rings. The van der Waals surface area contributed by atoms with Gasteiger partial charge in [0.1, 0.15) is 5.82 Å². The minimum Gasteiger partial charge on any atom is -0.395 e. The molecule has 3 heterocycles. The van der Waals surface area contributed by atoms with Gasteiger partial charge >= 0.3 is 6.03 Å². The van der Waals surface area contributed by atoms with Crippen LogP contribution in [0.2, 0.25) is 0 Å². The van der Waals surface area contributed by atoms with E-state index in [9.17, 15) is 9.90 Å². The summed E-state index contributed by atoms with van der Waals surface area (Å²) in [6, 6.07) is 20.6. The zero-order valence-corrected chi connectivity index (χ0v) is 26.9. The Balaban J connectivity index is 1.49. The number of urea groups is 1. The molecule has 2 atom stereocenters. The lowest BCUT2D eigenvalue weighted by Crippen LogP contribution is -2.54. The van der Waals surface area contributed by atoms with Gasteiger partial charge in [0.2, 0.25) is 0 Å². The Morgan fingerprint density at radius 3 is 2.23 bits per heavy atom. The number of aromatic nitrogens is 2. The smallest absolute Gasteiger partial charge is 0.320 e. The number of aliphatic hydroxyl groups is 1. The van der Waals surface area contributed by atoms with Crippen LogP contribution in [0.1, 0.15) is 76.7 Å². The third-order valence-electron chi connectivity index (χ3n) is 9.31. The van der Waals surface area contributed by atoms with Crippen molar-refractivity contribution in [3.05, 3.63) is 78.2 Å². The molecule has 5 rings (SSSR count). The van der Waals surface area contributed by atoms with Crippen LogP contribution in [-0.4, -0.2) is 86.8 Å². The monoisotopic (exact) mass is 600 g/mol. The van der Waals surface area contributed by atoms with Crippen molar-refractivity contribution < 1.29 is 9.90 Å². The lowest BCUT2D eigenvalue weighted by Gasteiger charge is -2.45. The van der Waals surface area contributed by atoms with Crippen molar-refractivity contribution in [3.8, 4) is 11.3 Å². The van der Waals surface area contributed by atoms with E-state index < -0.39 is 0 Å². The molecule has 2 saturated heterocycles. The molecule has 2 aromatic carbocycles. The van der Waals surface area contributed by atoms with E-state index >= 15 is 0 Å². The fraction of sp³-hybridized carbons (Fsp3) is 0.556. The van der Waals surface area contributed by atoms with E-state index in [1.165, 1.54) is 37.9 Å². The molecule has 0 unspecified atom stereocenters. The Kier molecular flexibility index (Phi) is 10.8. The van der Waals surface area contributed by atoms with Crippen LogP contribution in [0.15, 0.2) is 66.9 Å². The normalized spacial score (nSPS) is 18.2. The van der Waals surface area contributed by atoms with Gasteiger partial charge in [0.05, 0.1) is 18.3 Å². The van der Waals surface area contributed by atoms with Crippen LogP contribution in [0.4, 0.5) is 4.79 Å². The summed E-state index contributed by atoms with van der Waals surface area (Å²) in [4.78, 5) is 26.6. The van der Waals surface area contributed by atoms with Crippen LogP contribution < -0.4 is 5.73 Å². The Labute approximate surface area is 263 Å². The highest BCUT2D eigenvalue weighted by molar-refractivity contribution is 5.75. The first kappa shape index (κ1) is 32.2. The third-order valence-corrected chi connectivity index (χ3v) is 9.31. The highest BCUT2D eigenvalue weighted by atomic mass is 16.3. The first-order valence-electron chi connectivity index (χ1n) is 16.6. The van der Waals surface area contributed by atoms with Crippen molar-refractivity contribution in [2.45, 2.75) is 84.0 Å². The summed E-state index contributed by atoms with van der Waals surface area (Å²) >= 11 is 0. The fourth-order valence-corrected chi connectivity index (χ4v) is 6.92. The second kappa shape index (κ2) is 14.7. The molecule has 0 bridgehead atoms. The van der Waals surface area contributed by atoms with Gasteiger partial charge in [0, 0.05) is 50.0 Å². The maximum absolute atomic E-state index is 14.6. The average Bonchev–Trinajstić information content (AvgIpc) is 3.45. The molecule has 0 radical (unpaired) electrons. The van der Waals surface area contributed by atoms with Crippen LogP contribution in [0.5, 0.6) is 0 Å². The summed E-state index contributed by atoms with van der Waals surface area (Å²) in [7, 11) is 0. The summed E-state index contributed by atoms with van der Waals surface area (Å²) < 4.78 is 2.22. The summed E-state index contributed by atoms with van der Waals surface area (Å²) in [6.45, 7) is 11.5. The minimum absolute atomic E-state index is 0.0441. The highest BCUT2D eigenvalue weighted by Crippen LogP contribution is 2.40. The fourth-order valence-electron chi connectivity index (χ4n) is 6.92. The van der Waals surface area contributed by atoms with Gasteiger partial charge in [-0.1, -0.05) is 87.9 Å². The first-order chi connectivity index (χ1) is 21.2. The van der Waals surface area contributed by atoms with Crippen molar-refractivity contribution in [3.63, 3.8) is 0 Å². The standard InChI is InChI=1S/C36H52N6O2/c1-36(2,3)33(34-38-32(29-15-9-5-10-16-29)26-41(34)25-28-13-7-4-8-14-28)42(24-17-30(37)27-43)35(44)40-22-18-31(19-23-40)39-20-11-6-12-21-39/h4-5,7-10,13-16,26,30-31,33,43H,6,11-12,17-25,27,37H2,1-3H3/t30-,33-/m0/s1. The quantitative estimate of drug-likeness (QED) is 0.309. The van der Waals surface area contributed by atoms with Crippen LogP contribution in [-0.2, 0) is 6.54 Å². The van der Waals surface area contributed by atoms with Gasteiger partial charge in [-0.15, -0.1) is 0 Å². The zero-order valence-electron chi connectivity index (χ0n) is 26.9. The van der Waals surface area contributed by atoms with Crippen molar-refractivity contribution in [1.82, 2.24) is 24.3 Å². The summed E-state index contributed by atoms with van der Waals surface area (Å²) in [5.74, 6) is 0.870. The van der Waals surface area contributed by atoms with Crippen LogP contribution in [0.25, 0.3) is 11.3 Å². The van der Waals surface area contributed by atoms with E-state index in [1.807, 2.05) is 34.1 Å². The Bertz CT molecular complexity index is 1310. The van der Waals surface area contributed by atoms with Crippen LogP contribution in [0, 0.1) is 5.41 Å². The molecule has 3 aromatic rings. The molecule has 1 aromatic heterocycles. The van der Waals surface area contributed by atoms with Gasteiger partial charge in [-0.25, -0.2) is 9.78 Å². The Morgan fingerprint density at radius 1 is 0.977 bits per heavy atom. The van der Waals surface area contributed by atoms with Gasteiger partial charge in [-0.2, -0.15) is 0 Å². The van der Waals surface area contributed by atoms with Crippen molar-refractivity contribution in [2.24, 2.45) is 11.1 Å². The SMILES string of the molecule is CC(C)(C)[C@H](c1nc(-c2ccccc2)cn1Cc1ccccc1)N(CC[C@H](N)CO)C(=O)N1CCC(N2CCCCC2)CC1. The number of nitrogens with zero attached hydrogens (tertiary/aromatic N) is 5. The van der Waals surface area contributed by atoms with E-state index in [-0.39, 0.29) is 30.1 Å². The lowest BCUT2D eigenvalue weighted by molar-refractivity contribution is 0.0591. The van der Waals surface area contributed by atoms with Gasteiger partial charge in [-0.05, 0) is 56.2 Å². The molecule has 44 heavy (non-hydrogen) atoms. The van der Waals surface area contributed by atoms with E-state index in [4.69, 9.17) is 10.7 Å². The Morgan fingerprint density at radius 2 is 1.61 bits per heavy atom. The number of piperidine rings is 2. The molecule has 2 aliphatic rings. The number of benzene rings is 2. The molecule has 0 saturated carbocycles. The minimum atomic E-state index is -0.389. The average molecular weight is 601 g/mol. The first-order valence-corrected chi connectivity index (χ1v) is 16.6. The number of aliphatic hydroxyl groups excluding tert-OH is 1. The number of likely N-dealkylation sites (tertiary alicyclic amines) is 2. The van der Waals surface area contributed by atoms with E-state index in [2.05, 4.69) is 72.8 Å². The van der Waals surface area contributed by atoms with E-state index in [0.29, 0.717) is 25.6 Å². The van der Waals surface area contributed by atoms with Gasteiger partial charge in [0.25, 0.3) is 0 Å². The number of hydrogen-bond acceptors (Lipinski definition) is 5. The molecular weight excluding hydrogens is 548 g/mol. The largest absolute Gasteiger partial charge is 0.395 e. The van der Waals surface area contributed by atoms with Crippen LogP contribution in [0.3, 0.4) is 0 Å². The molecule has 2 aliphatic heterocycles. The highest BCUT2D eigenvalue weighted by Gasteiger charge is 2.41. The maximum Gasteiger partial charge on any atom is 0.320 e. The van der Waals surface area contributed by atoms with Gasteiger partial charge < -0.3 is 30.1 Å². The number of hydrogen-bond donors (Lipinski definition) is 2. The molecule has 2 amide bonds. The van der Waals surface area contributed by atoms with Crippen molar-refractivity contribution in [1.29, 1.82) is 0 Å². The van der Waals surface area contributed by atoms with Crippen molar-refractivity contribution >= 4 is 6.03 Å².